The molecule has 2 aliphatic heterocycles. The normalized spacial score (nSPS) is 33.6. The standard InChI is InChI=1S/C19H24ClN3O3S/c20-11-4-6-12(7-5-11)23-16-13(18(26)22-8-2-1-3-9-22)10-14(24)17(25)15(16)21-19(23)27/h4-7,13-17,24-25H,1-3,8-10H2,(H,21,27)/t13-,14-,15-,16-,17+/m1/s1. The molecule has 4 rings (SSSR count). The molecule has 2 saturated heterocycles. The smallest absolute Gasteiger partial charge is 0.227 e. The van der Waals surface area contributed by atoms with Crippen LogP contribution in [-0.2, 0) is 4.79 Å². The van der Waals surface area contributed by atoms with E-state index in [0.717, 1.165) is 38.0 Å². The van der Waals surface area contributed by atoms with Gasteiger partial charge in [0.15, 0.2) is 5.11 Å². The van der Waals surface area contributed by atoms with E-state index in [0.29, 0.717) is 10.1 Å². The third-order valence-corrected chi connectivity index (χ3v) is 6.50. The Labute approximate surface area is 169 Å². The summed E-state index contributed by atoms with van der Waals surface area (Å²) in [6, 6.07) is 6.45. The fraction of sp³-hybridized carbons (Fsp3) is 0.579. The zero-order valence-corrected chi connectivity index (χ0v) is 16.5. The first kappa shape index (κ1) is 18.9. The van der Waals surface area contributed by atoms with E-state index >= 15 is 0 Å². The number of rotatable bonds is 2. The van der Waals surface area contributed by atoms with Gasteiger partial charge in [-0.1, -0.05) is 11.6 Å². The molecule has 1 amide bonds. The number of anilines is 1. The van der Waals surface area contributed by atoms with E-state index < -0.39 is 24.2 Å². The van der Waals surface area contributed by atoms with Crippen molar-refractivity contribution in [3.05, 3.63) is 29.3 Å². The topological polar surface area (TPSA) is 76.0 Å². The molecule has 0 unspecified atom stereocenters. The number of piperidine rings is 1. The zero-order chi connectivity index (χ0) is 19.1. The number of benzene rings is 1. The number of amides is 1. The average molecular weight is 410 g/mol. The van der Waals surface area contributed by atoms with Gasteiger partial charge in [-0.3, -0.25) is 4.79 Å². The molecule has 6 nitrogen and oxygen atoms in total. The van der Waals surface area contributed by atoms with E-state index in [2.05, 4.69) is 5.32 Å². The van der Waals surface area contributed by atoms with Crippen molar-refractivity contribution < 1.29 is 15.0 Å². The lowest BCUT2D eigenvalue weighted by Gasteiger charge is -2.43. The van der Waals surface area contributed by atoms with Crippen LogP contribution in [0.1, 0.15) is 25.7 Å². The van der Waals surface area contributed by atoms with Crippen molar-refractivity contribution in [3.63, 3.8) is 0 Å². The third-order valence-electron chi connectivity index (χ3n) is 5.93. The minimum atomic E-state index is -0.976. The van der Waals surface area contributed by atoms with Gasteiger partial charge in [0.2, 0.25) is 5.91 Å². The number of carbonyl (C=O) groups is 1. The largest absolute Gasteiger partial charge is 0.390 e. The van der Waals surface area contributed by atoms with Gasteiger partial charge >= 0.3 is 0 Å². The van der Waals surface area contributed by atoms with Gasteiger partial charge in [-0.05, 0) is 62.2 Å². The van der Waals surface area contributed by atoms with Gasteiger partial charge in [0.05, 0.1) is 24.1 Å². The highest BCUT2D eigenvalue weighted by atomic mass is 35.5. The zero-order valence-electron chi connectivity index (χ0n) is 14.9. The van der Waals surface area contributed by atoms with Gasteiger partial charge in [0.25, 0.3) is 0 Å². The first-order chi connectivity index (χ1) is 13.0. The van der Waals surface area contributed by atoms with Gasteiger partial charge in [0, 0.05) is 23.8 Å². The molecule has 2 heterocycles. The predicted molar refractivity (Wildman–Crippen MR) is 108 cm³/mol. The summed E-state index contributed by atoms with van der Waals surface area (Å²) < 4.78 is 0. The van der Waals surface area contributed by atoms with Crippen molar-refractivity contribution >= 4 is 40.5 Å². The minimum absolute atomic E-state index is 0.0427. The van der Waals surface area contributed by atoms with Crippen LogP contribution < -0.4 is 10.2 Å². The number of carbonyl (C=O) groups excluding carboxylic acids is 1. The summed E-state index contributed by atoms with van der Waals surface area (Å²) in [7, 11) is 0. The summed E-state index contributed by atoms with van der Waals surface area (Å²) in [4.78, 5) is 17.1. The van der Waals surface area contributed by atoms with Crippen LogP contribution in [0.4, 0.5) is 5.69 Å². The maximum Gasteiger partial charge on any atom is 0.227 e. The molecule has 27 heavy (non-hydrogen) atoms. The fourth-order valence-electron chi connectivity index (χ4n) is 4.58. The van der Waals surface area contributed by atoms with Crippen molar-refractivity contribution in [1.29, 1.82) is 0 Å². The van der Waals surface area contributed by atoms with Crippen molar-refractivity contribution in [2.75, 3.05) is 18.0 Å². The Morgan fingerprint density at radius 2 is 1.81 bits per heavy atom. The second kappa shape index (κ2) is 7.54. The molecular weight excluding hydrogens is 386 g/mol. The highest BCUT2D eigenvalue weighted by Crippen LogP contribution is 2.38. The van der Waals surface area contributed by atoms with Crippen LogP contribution in [-0.4, -0.2) is 63.5 Å². The SMILES string of the molecule is O=C([C@@H]1C[C@@H](O)[C@H](O)[C@@H]2NC(=S)N(c3ccc(Cl)cc3)[C@@H]21)N1CCCCC1. The second-order valence-corrected chi connectivity index (χ2v) is 8.42. The summed E-state index contributed by atoms with van der Waals surface area (Å²) in [5, 5.41) is 25.1. The third kappa shape index (κ3) is 3.42. The molecule has 1 aromatic carbocycles. The molecule has 0 radical (unpaired) electrons. The maximum absolute atomic E-state index is 13.3. The minimum Gasteiger partial charge on any atom is -0.390 e. The summed E-state index contributed by atoms with van der Waals surface area (Å²) in [5.41, 5.74) is 0.824. The molecule has 5 atom stereocenters. The number of halogens is 1. The Kier molecular flexibility index (Phi) is 5.29. The first-order valence-corrected chi connectivity index (χ1v) is 10.3. The number of hydrogen-bond donors (Lipinski definition) is 3. The van der Waals surface area contributed by atoms with Gasteiger partial charge in [-0.15, -0.1) is 0 Å². The van der Waals surface area contributed by atoms with E-state index in [1.807, 2.05) is 21.9 Å². The highest BCUT2D eigenvalue weighted by Gasteiger charge is 2.54. The molecule has 1 aliphatic carbocycles. The molecule has 0 spiro atoms. The number of nitrogens with one attached hydrogen (secondary N) is 1. The highest BCUT2D eigenvalue weighted by molar-refractivity contribution is 7.80. The lowest BCUT2D eigenvalue weighted by molar-refractivity contribution is -0.142. The number of thiocarbonyl (C=S) groups is 1. The van der Waals surface area contributed by atoms with Crippen LogP contribution in [0.3, 0.4) is 0 Å². The van der Waals surface area contributed by atoms with E-state index in [-0.39, 0.29) is 18.4 Å². The van der Waals surface area contributed by atoms with Crippen molar-refractivity contribution in [2.24, 2.45) is 5.92 Å². The Balaban J connectivity index is 1.68. The van der Waals surface area contributed by atoms with Crippen LogP contribution in [0, 0.1) is 5.92 Å². The predicted octanol–water partition coefficient (Wildman–Crippen LogP) is 1.53. The van der Waals surface area contributed by atoms with Crippen LogP contribution in [0.5, 0.6) is 0 Å². The van der Waals surface area contributed by atoms with Gasteiger partial charge in [0.1, 0.15) is 6.10 Å². The van der Waals surface area contributed by atoms with E-state index in [9.17, 15) is 15.0 Å². The van der Waals surface area contributed by atoms with E-state index in [4.69, 9.17) is 23.8 Å². The molecule has 0 aromatic heterocycles. The first-order valence-electron chi connectivity index (χ1n) is 9.47. The number of nitrogens with zero attached hydrogens (tertiary/aromatic N) is 2. The molecule has 1 saturated carbocycles. The monoisotopic (exact) mass is 409 g/mol. The Bertz CT molecular complexity index is 725. The van der Waals surface area contributed by atoms with Crippen molar-refractivity contribution in [1.82, 2.24) is 10.2 Å². The molecule has 146 valence electrons. The summed E-state index contributed by atoms with van der Waals surface area (Å²) in [5.74, 6) is -0.392. The summed E-state index contributed by atoms with van der Waals surface area (Å²) >= 11 is 11.5. The van der Waals surface area contributed by atoms with E-state index in [1.165, 1.54) is 0 Å². The summed E-state index contributed by atoms with van der Waals surface area (Å²) in [6.07, 6.45) is 1.46. The maximum atomic E-state index is 13.3. The van der Waals surface area contributed by atoms with Crippen LogP contribution >= 0.6 is 23.8 Å². The number of aliphatic hydroxyl groups excluding tert-OH is 2. The molecule has 3 N–H and O–H groups in total. The van der Waals surface area contributed by atoms with Crippen LogP contribution in [0.15, 0.2) is 24.3 Å². The second-order valence-electron chi connectivity index (χ2n) is 7.60. The quantitative estimate of drug-likeness (QED) is 0.643. The van der Waals surface area contributed by atoms with Gasteiger partial charge in [-0.2, -0.15) is 0 Å². The number of hydrogen-bond acceptors (Lipinski definition) is 4. The molecular formula is C19H24ClN3O3S. The number of fused-ring (bicyclic) bond motifs is 1. The molecule has 0 bridgehead atoms. The Morgan fingerprint density at radius 1 is 1.15 bits per heavy atom. The van der Waals surface area contributed by atoms with Crippen molar-refractivity contribution in [2.45, 2.75) is 50.0 Å². The lowest BCUT2D eigenvalue weighted by atomic mass is 9.76. The molecule has 3 aliphatic rings. The van der Waals surface area contributed by atoms with Crippen LogP contribution in [0.25, 0.3) is 0 Å². The van der Waals surface area contributed by atoms with Crippen molar-refractivity contribution in [3.8, 4) is 0 Å². The van der Waals surface area contributed by atoms with Crippen LogP contribution in [0.2, 0.25) is 5.02 Å². The number of aliphatic hydroxyl groups is 2. The summed E-state index contributed by atoms with van der Waals surface area (Å²) in [6.45, 7) is 1.51. The Morgan fingerprint density at radius 3 is 2.48 bits per heavy atom. The molecule has 3 fully saturated rings. The van der Waals surface area contributed by atoms with E-state index in [1.54, 1.807) is 12.1 Å². The Hall–Kier alpha value is -1.41. The van der Waals surface area contributed by atoms with Gasteiger partial charge in [-0.25, -0.2) is 0 Å². The fourth-order valence-corrected chi connectivity index (χ4v) is 5.07. The lowest BCUT2D eigenvalue weighted by Crippen LogP contribution is -2.61. The molecule has 8 heteroatoms. The molecule has 1 aromatic rings. The van der Waals surface area contributed by atoms with Gasteiger partial charge < -0.3 is 25.3 Å². The number of likely N-dealkylation sites (tertiary alicyclic amines) is 1. The average Bonchev–Trinajstić information content (AvgIpc) is 3.03.